The number of hydrogen-bond donors (Lipinski definition) is 2. The number of carbonyl (C=O) groups excluding carboxylic acids is 1. The van der Waals surface area contributed by atoms with Crippen LogP contribution >= 0.6 is 34.5 Å². The van der Waals surface area contributed by atoms with Crippen molar-refractivity contribution in [1.82, 2.24) is 10.3 Å². The van der Waals surface area contributed by atoms with Gasteiger partial charge >= 0.3 is 5.97 Å². The van der Waals surface area contributed by atoms with Crippen LogP contribution in [0.15, 0.2) is 53.9 Å². The van der Waals surface area contributed by atoms with Crippen LogP contribution in [0.3, 0.4) is 0 Å². The van der Waals surface area contributed by atoms with Crippen LogP contribution in [0.5, 0.6) is 0 Å². The smallest absolute Gasteiger partial charge is 0.305 e. The summed E-state index contributed by atoms with van der Waals surface area (Å²) >= 11 is 13.6. The van der Waals surface area contributed by atoms with Crippen LogP contribution in [0.2, 0.25) is 10.0 Å². The molecule has 0 aliphatic heterocycles. The van der Waals surface area contributed by atoms with E-state index in [4.69, 9.17) is 23.2 Å². The van der Waals surface area contributed by atoms with Crippen molar-refractivity contribution in [2.75, 3.05) is 0 Å². The molecule has 0 unspecified atom stereocenters. The van der Waals surface area contributed by atoms with Gasteiger partial charge in [0.1, 0.15) is 10.7 Å². The number of nitrogens with one attached hydrogen (secondary N) is 1. The lowest BCUT2D eigenvalue weighted by molar-refractivity contribution is -0.137. The van der Waals surface area contributed by atoms with Crippen molar-refractivity contribution in [3.8, 4) is 10.6 Å². The quantitative estimate of drug-likeness (QED) is 0.583. The summed E-state index contributed by atoms with van der Waals surface area (Å²) in [5.74, 6) is -1.52. The average molecular weight is 421 g/mol. The number of carboxylic acids is 1. The maximum absolute atomic E-state index is 12.6. The Hall–Kier alpha value is -2.41. The molecule has 1 amide bonds. The van der Waals surface area contributed by atoms with Gasteiger partial charge in [0, 0.05) is 16.0 Å². The van der Waals surface area contributed by atoms with E-state index in [1.54, 1.807) is 35.7 Å². The summed E-state index contributed by atoms with van der Waals surface area (Å²) in [6.45, 7) is 0. The second kappa shape index (κ2) is 8.52. The van der Waals surface area contributed by atoms with Gasteiger partial charge in [0.25, 0.3) is 5.91 Å². The van der Waals surface area contributed by atoms with Crippen molar-refractivity contribution >= 4 is 46.4 Å². The first-order valence-electron chi connectivity index (χ1n) is 7.93. The molecule has 1 atom stereocenters. The number of carboxylic acid groups (broad SMARTS) is 1. The summed E-state index contributed by atoms with van der Waals surface area (Å²) in [4.78, 5) is 28.2. The van der Waals surface area contributed by atoms with E-state index in [-0.39, 0.29) is 12.1 Å². The fourth-order valence-corrected chi connectivity index (χ4v) is 3.93. The topological polar surface area (TPSA) is 79.3 Å². The lowest BCUT2D eigenvalue weighted by Gasteiger charge is -2.18. The van der Waals surface area contributed by atoms with E-state index in [1.807, 2.05) is 18.2 Å². The van der Waals surface area contributed by atoms with E-state index in [2.05, 4.69) is 10.3 Å². The Labute approximate surface area is 169 Å². The summed E-state index contributed by atoms with van der Waals surface area (Å²) in [5.41, 5.74) is 1.46. The molecule has 3 aromatic rings. The highest BCUT2D eigenvalue weighted by atomic mass is 35.5. The van der Waals surface area contributed by atoms with Crippen LogP contribution in [0, 0.1) is 0 Å². The highest BCUT2D eigenvalue weighted by Crippen LogP contribution is 2.30. The molecule has 0 aliphatic rings. The number of aromatic nitrogens is 1. The second-order valence-electron chi connectivity index (χ2n) is 5.66. The lowest BCUT2D eigenvalue weighted by Crippen LogP contribution is -2.30. The van der Waals surface area contributed by atoms with Gasteiger partial charge in [-0.25, -0.2) is 4.98 Å². The van der Waals surface area contributed by atoms with Gasteiger partial charge in [-0.1, -0.05) is 59.6 Å². The lowest BCUT2D eigenvalue weighted by atomic mass is 10.0. The number of nitrogens with zero attached hydrogens (tertiary/aromatic N) is 1. The number of aliphatic carboxylic acids is 1. The monoisotopic (exact) mass is 420 g/mol. The Kier molecular flexibility index (Phi) is 6.11. The molecular weight excluding hydrogens is 407 g/mol. The van der Waals surface area contributed by atoms with Gasteiger partial charge in [-0.3, -0.25) is 9.59 Å². The third kappa shape index (κ3) is 4.66. The molecule has 0 saturated heterocycles. The van der Waals surface area contributed by atoms with Gasteiger partial charge in [0.05, 0.1) is 17.5 Å². The minimum atomic E-state index is -1.05. The minimum absolute atomic E-state index is 0.192. The van der Waals surface area contributed by atoms with Gasteiger partial charge in [-0.05, 0) is 17.7 Å². The van der Waals surface area contributed by atoms with Crippen LogP contribution in [0.1, 0.15) is 28.5 Å². The van der Waals surface area contributed by atoms with Crippen molar-refractivity contribution in [3.63, 3.8) is 0 Å². The number of rotatable bonds is 6. The van der Waals surface area contributed by atoms with E-state index in [1.165, 1.54) is 11.3 Å². The van der Waals surface area contributed by atoms with Crippen LogP contribution in [-0.4, -0.2) is 22.0 Å². The molecule has 2 N–H and O–H groups in total. The van der Waals surface area contributed by atoms with Crippen LogP contribution < -0.4 is 5.32 Å². The summed E-state index contributed by atoms with van der Waals surface area (Å²) in [7, 11) is 0. The first-order valence-corrected chi connectivity index (χ1v) is 9.56. The number of halogens is 2. The van der Waals surface area contributed by atoms with Gasteiger partial charge in [0.2, 0.25) is 0 Å². The highest BCUT2D eigenvalue weighted by molar-refractivity contribution is 7.13. The molecule has 1 aromatic heterocycles. The van der Waals surface area contributed by atoms with Crippen molar-refractivity contribution in [1.29, 1.82) is 0 Å². The van der Waals surface area contributed by atoms with Gasteiger partial charge in [0.15, 0.2) is 0 Å². The maximum atomic E-state index is 12.6. The van der Waals surface area contributed by atoms with Crippen molar-refractivity contribution in [2.45, 2.75) is 12.5 Å². The van der Waals surface area contributed by atoms with Gasteiger partial charge in [-0.15, -0.1) is 11.3 Å². The molecule has 0 bridgehead atoms. The first-order chi connectivity index (χ1) is 13.0. The van der Waals surface area contributed by atoms with E-state index in [0.717, 1.165) is 5.56 Å². The molecule has 8 heteroatoms. The predicted molar refractivity (Wildman–Crippen MR) is 106 cm³/mol. The normalized spacial score (nSPS) is 11.8. The molecule has 2 aromatic carbocycles. The summed E-state index contributed by atoms with van der Waals surface area (Å²) in [6, 6.07) is 13.3. The Bertz CT molecular complexity index is 990. The zero-order valence-corrected chi connectivity index (χ0v) is 16.2. The third-order valence-electron chi connectivity index (χ3n) is 3.81. The number of thiazole rings is 1. The number of carbonyl (C=O) groups is 2. The molecule has 1 heterocycles. The molecule has 27 heavy (non-hydrogen) atoms. The van der Waals surface area contributed by atoms with Crippen LogP contribution in [0.4, 0.5) is 0 Å². The second-order valence-corrected chi connectivity index (χ2v) is 7.34. The number of amides is 1. The molecule has 0 aliphatic carbocycles. The molecule has 3 rings (SSSR count). The predicted octanol–water partition coefficient (Wildman–Crippen LogP) is 5.06. The molecule has 0 spiro atoms. The summed E-state index contributed by atoms with van der Waals surface area (Å²) in [6.07, 6.45) is -0.295. The van der Waals surface area contributed by atoms with Crippen molar-refractivity contribution < 1.29 is 14.7 Å². The molecule has 138 valence electrons. The fourth-order valence-electron chi connectivity index (χ4n) is 2.54. The van der Waals surface area contributed by atoms with Crippen LogP contribution in [-0.2, 0) is 4.79 Å². The Balaban J connectivity index is 1.83. The summed E-state index contributed by atoms with van der Waals surface area (Å²) in [5, 5.41) is 15.0. The molecular formula is C19H14Cl2N2O3S. The minimum Gasteiger partial charge on any atom is -0.481 e. The van der Waals surface area contributed by atoms with E-state index in [0.29, 0.717) is 20.6 Å². The average Bonchev–Trinajstić information content (AvgIpc) is 3.11. The van der Waals surface area contributed by atoms with Crippen molar-refractivity contribution in [2.24, 2.45) is 0 Å². The molecule has 0 saturated carbocycles. The Morgan fingerprint density at radius 1 is 1.07 bits per heavy atom. The third-order valence-corrected chi connectivity index (χ3v) is 5.36. The van der Waals surface area contributed by atoms with E-state index < -0.39 is 17.9 Å². The van der Waals surface area contributed by atoms with Gasteiger partial charge in [-0.2, -0.15) is 0 Å². The zero-order chi connectivity index (χ0) is 19.4. The van der Waals surface area contributed by atoms with Gasteiger partial charge < -0.3 is 10.4 Å². The Morgan fingerprint density at radius 3 is 2.41 bits per heavy atom. The first kappa shape index (κ1) is 19.4. The van der Waals surface area contributed by atoms with E-state index in [9.17, 15) is 14.7 Å². The SMILES string of the molecule is O=C(O)C[C@H](NC(=O)c1csc(-c2ccccc2Cl)n1)c1ccccc1Cl. The fraction of sp³-hybridized carbons (Fsp3) is 0.105. The maximum Gasteiger partial charge on any atom is 0.305 e. The summed E-state index contributed by atoms with van der Waals surface area (Å²) < 4.78 is 0. The Morgan fingerprint density at radius 2 is 1.74 bits per heavy atom. The molecule has 0 radical (unpaired) electrons. The molecule has 0 fully saturated rings. The van der Waals surface area contributed by atoms with Crippen LogP contribution in [0.25, 0.3) is 10.6 Å². The molecule has 5 nitrogen and oxygen atoms in total. The van der Waals surface area contributed by atoms with E-state index >= 15 is 0 Å². The highest BCUT2D eigenvalue weighted by Gasteiger charge is 2.22. The number of benzene rings is 2. The zero-order valence-electron chi connectivity index (χ0n) is 13.9. The number of hydrogen-bond acceptors (Lipinski definition) is 4. The van der Waals surface area contributed by atoms with Crippen molar-refractivity contribution in [3.05, 3.63) is 75.2 Å². The largest absolute Gasteiger partial charge is 0.481 e. The standard InChI is InChI=1S/C19H14Cl2N2O3S/c20-13-7-3-1-5-11(13)15(9-17(24)25)22-18(26)16-10-27-19(23-16)12-6-2-4-8-14(12)21/h1-8,10,15H,9H2,(H,22,26)(H,24,25)/t15-/m0/s1.